The van der Waals surface area contributed by atoms with E-state index in [1.54, 1.807) is 24.3 Å². The van der Waals surface area contributed by atoms with E-state index in [9.17, 15) is 9.59 Å². The van der Waals surface area contributed by atoms with E-state index in [0.717, 1.165) is 16.9 Å². The van der Waals surface area contributed by atoms with Gasteiger partial charge in [-0.2, -0.15) is 0 Å². The first-order valence-corrected chi connectivity index (χ1v) is 10.2. The SMILES string of the molecule is COC(=O)c1ccc(Cl)c(NC(=O)c2ccccc2OCc2cn3cccc(C)c3n2)c1. The number of hydrogen-bond acceptors (Lipinski definition) is 5. The molecule has 2 aromatic carbocycles. The van der Waals surface area contributed by atoms with Crippen molar-refractivity contribution in [2.45, 2.75) is 13.5 Å². The van der Waals surface area contributed by atoms with Gasteiger partial charge in [0.2, 0.25) is 0 Å². The van der Waals surface area contributed by atoms with Crippen molar-refractivity contribution in [3.8, 4) is 5.75 Å². The molecule has 1 N–H and O–H groups in total. The second-order valence-electron chi connectivity index (χ2n) is 7.08. The van der Waals surface area contributed by atoms with Gasteiger partial charge in [-0.15, -0.1) is 0 Å². The number of nitrogens with zero attached hydrogens (tertiary/aromatic N) is 2. The third-order valence-electron chi connectivity index (χ3n) is 4.87. The van der Waals surface area contributed by atoms with Crippen LogP contribution in [0.1, 0.15) is 32.0 Å². The van der Waals surface area contributed by atoms with Crippen LogP contribution in [0.3, 0.4) is 0 Å². The van der Waals surface area contributed by atoms with Crippen molar-refractivity contribution >= 4 is 34.8 Å². The molecule has 7 nitrogen and oxygen atoms in total. The van der Waals surface area contributed by atoms with Crippen LogP contribution in [0.25, 0.3) is 5.65 Å². The molecule has 32 heavy (non-hydrogen) atoms. The number of methoxy groups -OCH3 is 1. The predicted octanol–water partition coefficient (Wildman–Crippen LogP) is 4.91. The third kappa shape index (κ3) is 4.43. The van der Waals surface area contributed by atoms with Crippen molar-refractivity contribution < 1.29 is 19.1 Å². The van der Waals surface area contributed by atoms with E-state index >= 15 is 0 Å². The Labute approximate surface area is 189 Å². The summed E-state index contributed by atoms with van der Waals surface area (Å²) >= 11 is 6.20. The van der Waals surface area contributed by atoms with E-state index in [4.69, 9.17) is 21.1 Å². The van der Waals surface area contributed by atoms with Crippen LogP contribution >= 0.6 is 11.6 Å². The van der Waals surface area contributed by atoms with Gasteiger partial charge in [0.15, 0.2) is 0 Å². The van der Waals surface area contributed by atoms with Gasteiger partial charge in [-0.3, -0.25) is 4.79 Å². The number of rotatable bonds is 6. The number of pyridine rings is 1. The van der Waals surface area contributed by atoms with E-state index in [-0.39, 0.29) is 12.2 Å². The van der Waals surface area contributed by atoms with Crippen molar-refractivity contribution in [1.82, 2.24) is 9.38 Å². The maximum absolute atomic E-state index is 12.9. The average Bonchev–Trinajstić information content (AvgIpc) is 3.23. The zero-order valence-corrected chi connectivity index (χ0v) is 18.2. The zero-order chi connectivity index (χ0) is 22.7. The molecule has 0 fully saturated rings. The number of esters is 1. The van der Waals surface area contributed by atoms with E-state index in [1.165, 1.54) is 25.3 Å². The maximum Gasteiger partial charge on any atom is 0.337 e. The fourth-order valence-corrected chi connectivity index (χ4v) is 3.43. The lowest BCUT2D eigenvalue weighted by Crippen LogP contribution is -2.14. The van der Waals surface area contributed by atoms with Crippen LogP contribution in [0.4, 0.5) is 5.69 Å². The number of halogens is 1. The molecule has 0 aliphatic rings. The molecule has 0 saturated carbocycles. The highest BCUT2D eigenvalue weighted by Gasteiger charge is 2.16. The fraction of sp³-hybridized carbons (Fsp3) is 0.125. The highest BCUT2D eigenvalue weighted by atomic mass is 35.5. The monoisotopic (exact) mass is 449 g/mol. The lowest BCUT2D eigenvalue weighted by atomic mass is 10.1. The molecule has 0 radical (unpaired) electrons. The summed E-state index contributed by atoms with van der Waals surface area (Å²) in [5.74, 6) is -0.544. The van der Waals surface area contributed by atoms with Crippen LogP contribution in [-0.2, 0) is 11.3 Å². The molecule has 0 saturated heterocycles. The molecule has 2 heterocycles. The minimum atomic E-state index is -0.524. The van der Waals surface area contributed by atoms with E-state index in [0.29, 0.717) is 22.0 Å². The molecule has 0 aliphatic heterocycles. The van der Waals surface area contributed by atoms with Crippen LogP contribution in [0.2, 0.25) is 5.02 Å². The van der Waals surface area contributed by atoms with Crippen LogP contribution in [-0.4, -0.2) is 28.4 Å². The van der Waals surface area contributed by atoms with Gasteiger partial charge in [0, 0.05) is 12.4 Å². The summed E-state index contributed by atoms with van der Waals surface area (Å²) in [6.45, 7) is 2.19. The van der Waals surface area contributed by atoms with Gasteiger partial charge in [0.25, 0.3) is 5.91 Å². The average molecular weight is 450 g/mol. The smallest absolute Gasteiger partial charge is 0.337 e. The number of para-hydroxylation sites is 1. The highest BCUT2D eigenvalue weighted by Crippen LogP contribution is 2.26. The van der Waals surface area contributed by atoms with Gasteiger partial charge in [0.05, 0.1) is 34.6 Å². The first-order chi connectivity index (χ1) is 15.5. The van der Waals surface area contributed by atoms with E-state index < -0.39 is 11.9 Å². The van der Waals surface area contributed by atoms with Gasteiger partial charge in [0.1, 0.15) is 18.0 Å². The summed E-state index contributed by atoms with van der Waals surface area (Å²) in [6, 6.07) is 15.3. The molecule has 0 spiro atoms. The molecular weight excluding hydrogens is 430 g/mol. The Kier molecular flexibility index (Phi) is 6.09. The quantitative estimate of drug-likeness (QED) is 0.423. The molecule has 0 unspecified atom stereocenters. The van der Waals surface area contributed by atoms with Crippen LogP contribution in [0, 0.1) is 6.92 Å². The topological polar surface area (TPSA) is 81.9 Å². The summed E-state index contributed by atoms with van der Waals surface area (Å²) in [4.78, 5) is 29.3. The molecule has 0 aliphatic carbocycles. The van der Waals surface area contributed by atoms with E-state index in [2.05, 4.69) is 10.3 Å². The zero-order valence-electron chi connectivity index (χ0n) is 17.5. The highest BCUT2D eigenvalue weighted by molar-refractivity contribution is 6.34. The maximum atomic E-state index is 12.9. The summed E-state index contributed by atoms with van der Waals surface area (Å²) in [7, 11) is 1.28. The number of imidazole rings is 1. The number of aromatic nitrogens is 2. The molecule has 4 aromatic rings. The Hall–Kier alpha value is -3.84. The standard InChI is InChI=1S/C24H20ClN3O4/c1-15-6-5-11-28-13-17(26-22(15)28)14-32-21-8-4-3-7-18(21)23(29)27-20-12-16(24(30)31-2)9-10-19(20)25/h3-13H,14H2,1-2H3,(H,27,29). The Balaban J connectivity index is 1.53. The summed E-state index contributed by atoms with van der Waals surface area (Å²) in [5, 5.41) is 3.03. The normalized spacial score (nSPS) is 10.7. The lowest BCUT2D eigenvalue weighted by Gasteiger charge is -2.12. The Morgan fingerprint density at radius 3 is 2.72 bits per heavy atom. The van der Waals surface area contributed by atoms with Gasteiger partial charge in [-0.1, -0.05) is 29.8 Å². The number of nitrogens with one attached hydrogen (secondary N) is 1. The largest absolute Gasteiger partial charge is 0.486 e. The number of fused-ring (bicyclic) bond motifs is 1. The predicted molar refractivity (Wildman–Crippen MR) is 121 cm³/mol. The van der Waals surface area contributed by atoms with Crippen molar-refractivity contribution in [2.24, 2.45) is 0 Å². The third-order valence-corrected chi connectivity index (χ3v) is 5.20. The van der Waals surface area contributed by atoms with Crippen molar-refractivity contribution in [1.29, 1.82) is 0 Å². The summed E-state index contributed by atoms with van der Waals surface area (Å²) < 4.78 is 12.6. The Bertz CT molecular complexity index is 1320. The Morgan fingerprint density at radius 2 is 1.94 bits per heavy atom. The first-order valence-electron chi connectivity index (χ1n) is 9.80. The van der Waals surface area contributed by atoms with Crippen LogP contribution in [0.5, 0.6) is 5.75 Å². The van der Waals surface area contributed by atoms with Gasteiger partial charge in [-0.05, 0) is 48.9 Å². The van der Waals surface area contributed by atoms with Crippen molar-refractivity contribution in [3.05, 3.63) is 94.4 Å². The molecule has 8 heteroatoms. The number of aryl methyl sites for hydroxylation is 1. The first kappa shape index (κ1) is 21.4. The molecule has 162 valence electrons. The summed E-state index contributed by atoms with van der Waals surface area (Å²) in [5.41, 5.74) is 3.56. The molecular formula is C24H20ClN3O4. The number of hydrogen-bond donors (Lipinski definition) is 1. The van der Waals surface area contributed by atoms with Gasteiger partial charge >= 0.3 is 5.97 Å². The molecule has 2 aromatic heterocycles. The Morgan fingerprint density at radius 1 is 1.12 bits per heavy atom. The second kappa shape index (κ2) is 9.11. The molecule has 1 amide bonds. The van der Waals surface area contributed by atoms with Crippen LogP contribution in [0.15, 0.2) is 67.0 Å². The van der Waals surface area contributed by atoms with Gasteiger partial charge in [-0.25, -0.2) is 9.78 Å². The minimum Gasteiger partial charge on any atom is -0.486 e. The number of ether oxygens (including phenoxy) is 2. The summed E-state index contributed by atoms with van der Waals surface area (Å²) in [6.07, 6.45) is 3.81. The lowest BCUT2D eigenvalue weighted by molar-refractivity contribution is 0.0600. The second-order valence-corrected chi connectivity index (χ2v) is 7.49. The number of anilines is 1. The molecule has 4 rings (SSSR count). The van der Waals surface area contributed by atoms with E-state index in [1.807, 2.05) is 35.9 Å². The number of benzene rings is 2. The number of carbonyl (C=O) groups excluding carboxylic acids is 2. The van der Waals surface area contributed by atoms with Gasteiger partial charge < -0.3 is 19.2 Å². The molecule has 0 bridgehead atoms. The molecule has 0 atom stereocenters. The fourth-order valence-electron chi connectivity index (χ4n) is 3.26. The number of carbonyl (C=O) groups is 2. The number of amides is 1. The van der Waals surface area contributed by atoms with Crippen LogP contribution < -0.4 is 10.1 Å². The minimum absolute atomic E-state index is 0.198. The van der Waals surface area contributed by atoms with Crippen molar-refractivity contribution in [3.63, 3.8) is 0 Å². The van der Waals surface area contributed by atoms with Crippen molar-refractivity contribution in [2.75, 3.05) is 12.4 Å².